The van der Waals surface area contributed by atoms with Crippen molar-refractivity contribution < 1.29 is 18.8 Å². The van der Waals surface area contributed by atoms with E-state index in [1.807, 2.05) is 32.0 Å². The predicted molar refractivity (Wildman–Crippen MR) is 93.0 cm³/mol. The number of amides is 2. The third-order valence-corrected chi connectivity index (χ3v) is 3.78. The van der Waals surface area contributed by atoms with Crippen LogP contribution >= 0.6 is 0 Å². The van der Waals surface area contributed by atoms with Crippen molar-refractivity contribution in [1.29, 1.82) is 0 Å². The zero-order valence-corrected chi connectivity index (χ0v) is 14.8. The van der Waals surface area contributed by atoms with E-state index in [1.165, 1.54) is 0 Å². The van der Waals surface area contributed by atoms with Crippen LogP contribution in [-0.4, -0.2) is 23.2 Å². The Kier molecular flexibility index (Phi) is 6.16. The summed E-state index contributed by atoms with van der Waals surface area (Å²) in [6, 6.07) is 7.79. The van der Waals surface area contributed by atoms with Gasteiger partial charge in [0.2, 0.25) is 0 Å². The molecule has 0 radical (unpaired) electrons. The van der Waals surface area contributed by atoms with E-state index in [-0.39, 0.29) is 12.5 Å². The third kappa shape index (κ3) is 5.07. The van der Waals surface area contributed by atoms with Gasteiger partial charge >= 0.3 is 12.0 Å². The van der Waals surface area contributed by atoms with Crippen LogP contribution in [0.4, 0.5) is 10.5 Å². The van der Waals surface area contributed by atoms with Gasteiger partial charge in [0.05, 0.1) is 11.3 Å². The monoisotopic (exact) mass is 345 g/mol. The molecule has 2 rings (SSSR count). The van der Waals surface area contributed by atoms with Crippen molar-refractivity contribution in [3.8, 4) is 0 Å². The van der Waals surface area contributed by atoms with E-state index in [0.717, 1.165) is 5.56 Å². The molecule has 0 unspecified atom stereocenters. The average Bonchev–Trinajstić information content (AvgIpc) is 2.89. The van der Waals surface area contributed by atoms with Crippen LogP contribution in [0.2, 0.25) is 0 Å². The molecule has 0 aliphatic heterocycles. The van der Waals surface area contributed by atoms with Crippen molar-refractivity contribution in [3.63, 3.8) is 0 Å². The van der Waals surface area contributed by atoms with E-state index in [4.69, 9.17) is 9.26 Å². The first-order chi connectivity index (χ1) is 11.9. The summed E-state index contributed by atoms with van der Waals surface area (Å²) in [6.45, 7) is 7.28. The number of anilines is 1. The van der Waals surface area contributed by atoms with Crippen molar-refractivity contribution in [2.45, 2.75) is 40.3 Å². The minimum Gasteiger partial charge on any atom is -0.459 e. The van der Waals surface area contributed by atoms with Crippen LogP contribution in [0.1, 0.15) is 30.9 Å². The van der Waals surface area contributed by atoms with Gasteiger partial charge in [-0.15, -0.1) is 0 Å². The zero-order chi connectivity index (χ0) is 18.4. The number of nitrogens with one attached hydrogen (secondary N) is 2. The molecule has 0 saturated carbocycles. The molecule has 2 aromatic rings. The van der Waals surface area contributed by atoms with Crippen LogP contribution in [-0.2, 0) is 16.1 Å². The summed E-state index contributed by atoms with van der Waals surface area (Å²) in [4.78, 5) is 24.5. The number of para-hydroxylation sites is 1. The maximum atomic E-state index is 12.4. The molecule has 0 bridgehead atoms. The number of ether oxygens (including phenoxy) is 1. The number of aryl methyl sites for hydroxylation is 2. The number of nitrogens with zero attached hydrogens (tertiary/aromatic N) is 1. The maximum absolute atomic E-state index is 12.4. The molecule has 0 fully saturated rings. The fraction of sp³-hybridized carbons (Fsp3) is 0.389. The van der Waals surface area contributed by atoms with Gasteiger partial charge in [-0.2, -0.15) is 0 Å². The molecule has 1 aromatic heterocycles. The van der Waals surface area contributed by atoms with Gasteiger partial charge in [-0.1, -0.05) is 37.2 Å². The Labute approximate surface area is 146 Å². The highest BCUT2D eigenvalue weighted by atomic mass is 16.5. The number of carbonyl (C=O) groups is 2. The summed E-state index contributed by atoms with van der Waals surface area (Å²) < 4.78 is 10.4. The second kappa shape index (κ2) is 8.32. The Balaban J connectivity index is 1.95. The Hall–Kier alpha value is -2.83. The zero-order valence-electron chi connectivity index (χ0n) is 14.8. The van der Waals surface area contributed by atoms with Gasteiger partial charge in [-0.25, -0.2) is 9.59 Å². The fourth-order valence-electron chi connectivity index (χ4n) is 2.27. The van der Waals surface area contributed by atoms with E-state index >= 15 is 0 Å². The molecule has 0 aliphatic rings. The third-order valence-electron chi connectivity index (χ3n) is 3.78. The highest BCUT2D eigenvalue weighted by Gasteiger charge is 2.26. The van der Waals surface area contributed by atoms with Crippen LogP contribution in [0.15, 0.2) is 34.9 Å². The Morgan fingerprint density at radius 1 is 1.20 bits per heavy atom. The van der Waals surface area contributed by atoms with Crippen molar-refractivity contribution in [1.82, 2.24) is 10.5 Å². The highest BCUT2D eigenvalue weighted by molar-refractivity contribution is 5.92. The first kappa shape index (κ1) is 18.5. The number of esters is 1. The Morgan fingerprint density at radius 2 is 1.88 bits per heavy atom. The summed E-state index contributed by atoms with van der Waals surface area (Å²) >= 11 is 0. The minimum atomic E-state index is -0.760. The molecule has 2 amide bonds. The number of rotatable bonds is 6. The van der Waals surface area contributed by atoms with Gasteiger partial charge in [0.25, 0.3) is 0 Å². The van der Waals surface area contributed by atoms with E-state index in [2.05, 4.69) is 15.8 Å². The molecule has 1 aromatic carbocycles. The molecular formula is C18H23N3O4. The van der Waals surface area contributed by atoms with Gasteiger partial charge in [0.15, 0.2) is 0 Å². The lowest BCUT2D eigenvalue weighted by Gasteiger charge is -2.21. The predicted octanol–water partition coefficient (Wildman–Crippen LogP) is 3.18. The highest BCUT2D eigenvalue weighted by Crippen LogP contribution is 2.15. The van der Waals surface area contributed by atoms with Gasteiger partial charge in [-0.05, 0) is 31.9 Å². The molecule has 1 heterocycles. The molecule has 2 N–H and O–H groups in total. The molecule has 1 atom stereocenters. The quantitative estimate of drug-likeness (QED) is 0.784. The summed E-state index contributed by atoms with van der Waals surface area (Å²) in [5.74, 6) is -0.0157. The standard InChI is InChI=1S/C18H23N3O4/c1-11(2)16(20-18(23)19-14-8-6-5-7-9-14)17(22)24-10-15-12(3)21-25-13(15)4/h5-9,11,16H,10H2,1-4H3,(H2,19,20,23)/t16-/m1/s1. The smallest absolute Gasteiger partial charge is 0.329 e. The van der Waals surface area contributed by atoms with Gasteiger partial charge < -0.3 is 19.9 Å². The number of benzene rings is 1. The lowest BCUT2D eigenvalue weighted by Crippen LogP contribution is -2.47. The molecule has 7 heteroatoms. The number of urea groups is 1. The Morgan fingerprint density at radius 3 is 2.44 bits per heavy atom. The van der Waals surface area contributed by atoms with Crippen molar-refractivity contribution in [2.75, 3.05) is 5.32 Å². The molecule has 134 valence electrons. The number of carbonyl (C=O) groups excluding carboxylic acids is 2. The summed E-state index contributed by atoms with van der Waals surface area (Å²) in [5, 5.41) is 9.17. The summed E-state index contributed by atoms with van der Waals surface area (Å²) in [7, 11) is 0. The molecule has 0 saturated heterocycles. The lowest BCUT2D eigenvalue weighted by molar-refractivity contribution is -0.148. The van der Waals surface area contributed by atoms with Crippen LogP contribution in [0.5, 0.6) is 0 Å². The van der Waals surface area contributed by atoms with E-state index in [0.29, 0.717) is 17.1 Å². The molecule has 0 spiro atoms. The second-order valence-corrected chi connectivity index (χ2v) is 6.10. The lowest BCUT2D eigenvalue weighted by atomic mass is 10.1. The maximum Gasteiger partial charge on any atom is 0.329 e. The van der Waals surface area contributed by atoms with E-state index in [9.17, 15) is 9.59 Å². The number of hydrogen-bond acceptors (Lipinski definition) is 5. The SMILES string of the molecule is Cc1noc(C)c1COC(=O)[C@H](NC(=O)Nc1ccccc1)C(C)C. The molecule has 7 nitrogen and oxygen atoms in total. The number of hydrogen-bond donors (Lipinski definition) is 2. The van der Waals surface area contributed by atoms with Crippen LogP contribution < -0.4 is 10.6 Å². The first-order valence-corrected chi connectivity index (χ1v) is 8.09. The van der Waals surface area contributed by atoms with Crippen LogP contribution in [0.3, 0.4) is 0 Å². The average molecular weight is 345 g/mol. The first-order valence-electron chi connectivity index (χ1n) is 8.09. The van der Waals surface area contributed by atoms with E-state index < -0.39 is 18.0 Å². The van der Waals surface area contributed by atoms with Crippen molar-refractivity contribution in [2.24, 2.45) is 5.92 Å². The molecular weight excluding hydrogens is 322 g/mol. The summed E-state index contributed by atoms with van der Waals surface area (Å²) in [6.07, 6.45) is 0. The fourth-order valence-corrected chi connectivity index (χ4v) is 2.27. The number of aromatic nitrogens is 1. The molecule has 0 aliphatic carbocycles. The summed E-state index contributed by atoms with van der Waals surface area (Å²) in [5.41, 5.74) is 2.07. The van der Waals surface area contributed by atoms with Gasteiger partial charge in [0.1, 0.15) is 18.4 Å². The van der Waals surface area contributed by atoms with E-state index in [1.54, 1.807) is 26.0 Å². The van der Waals surface area contributed by atoms with Crippen LogP contribution in [0.25, 0.3) is 0 Å². The van der Waals surface area contributed by atoms with Crippen molar-refractivity contribution in [3.05, 3.63) is 47.3 Å². The topological polar surface area (TPSA) is 93.5 Å². The minimum absolute atomic E-state index is 0.0607. The normalized spacial score (nSPS) is 11.9. The van der Waals surface area contributed by atoms with Gasteiger partial charge in [0, 0.05) is 5.69 Å². The molecule has 25 heavy (non-hydrogen) atoms. The largest absolute Gasteiger partial charge is 0.459 e. The van der Waals surface area contributed by atoms with Crippen molar-refractivity contribution >= 4 is 17.7 Å². The Bertz CT molecular complexity index is 706. The second-order valence-electron chi connectivity index (χ2n) is 6.10. The van der Waals surface area contributed by atoms with Crippen LogP contribution in [0, 0.1) is 19.8 Å². The van der Waals surface area contributed by atoms with Gasteiger partial charge in [-0.3, -0.25) is 0 Å².